The fourth-order valence-electron chi connectivity index (χ4n) is 3.81. The average molecular weight is 402 g/mol. The van der Waals surface area contributed by atoms with Crippen molar-refractivity contribution in [2.24, 2.45) is 0 Å². The molecule has 142 valence electrons. The zero-order valence-electron chi connectivity index (χ0n) is 15.3. The number of anilines is 2. The number of halogens is 2. The minimum Gasteiger partial charge on any atom is -0.399 e. The topological polar surface area (TPSA) is 57.0 Å². The highest BCUT2D eigenvalue weighted by molar-refractivity contribution is 6.09. The van der Waals surface area contributed by atoms with Gasteiger partial charge in [0.2, 0.25) is 0 Å². The zero-order chi connectivity index (χ0) is 17.4. The Hall–Kier alpha value is -2.36. The predicted octanol–water partition coefficient (Wildman–Crippen LogP) is 6.19. The first-order chi connectivity index (χ1) is 12.2. The van der Waals surface area contributed by atoms with E-state index in [9.17, 15) is 0 Å². The molecule has 1 atom stereocenters. The summed E-state index contributed by atoms with van der Waals surface area (Å²) in [6.07, 6.45) is 2.16. The molecule has 0 aliphatic rings. The van der Waals surface area contributed by atoms with Crippen molar-refractivity contribution in [3.63, 3.8) is 0 Å². The van der Waals surface area contributed by atoms with Crippen LogP contribution in [0.25, 0.3) is 21.8 Å². The van der Waals surface area contributed by atoms with Gasteiger partial charge in [-0.2, -0.15) is 0 Å². The highest BCUT2D eigenvalue weighted by Crippen LogP contribution is 2.37. The molecule has 0 bridgehead atoms. The Morgan fingerprint density at radius 2 is 1.30 bits per heavy atom. The maximum atomic E-state index is 6.12. The molecule has 27 heavy (non-hydrogen) atoms. The van der Waals surface area contributed by atoms with Crippen molar-refractivity contribution < 1.29 is 0 Å². The van der Waals surface area contributed by atoms with Crippen molar-refractivity contribution in [1.29, 1.82) is 0 Å². The Bertz CT molecular complexity index is 982. The summed E-state index contributed by atoms with van der Waals surface area (Å²) in [7, 11) is 0. The van der Waals surface area contributed by atoms with Crippen LogP contribution in [0.3, 0.4) is 0 Å². The smallest absolute Gasteiger partial charge is 0.0591 e. The third-order valence-corrected chi connectivity index (χ3v) is 4.91. The molecule has 0 saturated heterocycles. The summed E-state index contributed by atoms with van der Waals surface area (Å²) < 4.78 is 2.41. The molecule has 1 heterocycles. The third-order valence-electron chi connectivity index (χ3n) is 4.91. The van der Waals surface area contributed by atoms with Crippen molar-refractivity contribution >= 4 is 58.0 Å². The Kier molecular flexibility index (Phi) is 6.63. The molecule has 0 aliphatic heterocycles. The fourth-order valence-corrected chi connectivity index (χ4v) is 3.81. The highest BCUT2D eigenvalue weighted by Gasteiger charge is 2.19. The molecule has 5 heteroatoms. The van der Waals surface area contributed by atoms with E-state index in [0.29, 0.717) is 0 Å². The monoisotopic (exact) mass is 401 g/mol. The standard InChI is InChI=1S/C22H23N3.2ClH/c1-2-6-20(15-7-4-3-5-8-15)25-21-13-16(23)9-11-18(21)19-12-10-17(24)14-22(19)25;;/h3-5,7-14,20H,2,6,23-24H2,1H3;2*1H. The van der Waals surface area contributed by atoms with Crippen LogP contribution in [0.5, 0.6) is 0 Å². The second-order valence-corrected chi connectivity index (χ2v) is 6.64. The molecule has 0 saturated carbocycles. The quantitative estimate of drug-likeness (QED) is 0.400. The van der Waals surface area contributed by atoms with Gasteiger partial charge in [-0.05, 0) is 36.2 Å². The van der Waals surface area contributed by atoms with Gasteiger partial charge in [-0.1, -0.05) is 55.8 Å². The van der Waals surface area contributed by atoms with Gasteiger partial charge >= 0.3 is 0 Å². The first-order valence-corrected chi connectivity index (χ1v) is 8.82. The van der Waals surface area contributed by atoms with E-state index in [1.165, 1.54) is 27.4 Å². The summed E-state index contributed by atoms with van der Waals surface area (Å²) in [4.78, 5) is 0. The maximum absolute atomic E-state index is 6.12. The number of aromatic nitrogens is 1. The SMILES string of the molecule is CCCC(c1ccccc1)n1c2cc(N)ccc2c2ccc(N)cc21.Cl.Cl. The molecule has 4 aromatic rings. The maximum Gasteiger partial charge on any atom is 0.0591 e. The number of hydrogen-bond acceptors (Lipinski definition) is 2. The second-order valence-electron chi connectivity index (χ2n) is 6.64. The van der Waals surface area contributed by atoms with E-state index >= 15 is 0 Å². The average Bonchev–Trinajstić information content (AvgIpc) is 2.93. The van der Waals surface area contributed by atoms with Crippen LogP contribution in [-0.2, 0) is 0 Å². The first-order valence-electron chi connectivity index (χ1n) is 8.82. The lowest BCUT2D eigenvalue weighted by Gasteiger charge is -2.22. The Balaban J connectivity index is 0.00000131. The van der Waals surface area contributed by atoms with Gasteiger partial charge in [0, 0.05) is 22.1 Å². The normalized spacial score (nSPS) is 11.7. The molecular weight excluding hydrogens is 377 g/mol. The minimum absolute atomic E-state index is 0. The Morgan fingerprint density at radius 3 is 1.78 bits per heavy atom. The van der Waals surface area contributed by atoms with Crippen LogP contribution < -0.4 is 11.5 Å². The van der Waals surface area contributed by atoms with E-state index in [1.807, 2.05) is 12.1 Å². The van der Waals surface area contributed by atoms with Gasteiger partial charge in [0.15, 0.2) is 0 Å². The summed E-state index contributed by atoms with van der Waals surface area (Å²) in [5, 5.41) is 2.45. The van der Waals surface area contributed by atoms with E-state index in [0.717, 1.165) is 24.2 Å². The molecule has 4 rings (SSSR count). The van der Waals surface area contributed by atoms with Crippen LogP contribution in [-0.4, -0.2) is 4.57 Å². The molecule has 1 unspecified atom stereocenters. The molecule has 0 aliphatic carbocycles. The number of nitrogens with two attached hydrogens (primary N) is 2. The number of benzene rings is 3. The van der Waals surface area contributed by atoms with Crippen molar-refractivity contribution in [1.82, 2.24) is 4.57 Å². The number of rotatable bonds is 4. The number of fused-ring (bicyclic) bond motifs is 3. The molecule has 1 aromatic heterocycles. The molecule has 3 aromatic carbocycles. The van der Waals surface area contributed by atoms with Gasteiger partial charge in [-0.25, -0.2) is 0 Å². The molecule has 0 amide bonds. The van der Waals surface area contributed by atoms with Gasteiger partial charge < -0.3 is 16.0 Å². The number of nitrogen functional groups attached to an aromatic ring is 2. The van der Waals surface area contributed by atoms with E-state index in [1.54, 1.807) is 0 Å². The summed E-state index contributed by atoms with van der Waals surface area (Å²) >= 11 is 0. The fraction of sp³-hybridized carbons (Fsp3) is 0.182. The lowest BCUT2D eigenvalue weighted by molar-refractivity contribution is 0.561. The molecule has 0 fully saturated rings. The van der Waals surface area contributed by atoms with Crippen LogP contribution in [0.2, 0.25) is 0 Å². The summed E-state index contributed by atoms with van der Waals surface area (Å²) in [6, 6.07) is 23.3. The molecule has 4 N–H and O–H groups in total. The molecule has 3 nitrogen and oxygen atoms in total. The second kappa shape index (κ2) is 8.55. The van der Waals surface area contributed by atoms with Crippen LogP contribution in [0.4, 0.5) is 11.4 Å². The van der Waals surface area contributed by atoms with Crippen molar-refractivity contribution in [2.45, 2.75) is 25.8 Å². The van der Waals surface area contributed by atoms with E-state index < -0.39 is 0 Å². The van der Waals surface area contributed by atoms with Crippen LogP contribution in [0.1, 0.15) is 31.4 Å². The lowest BCUT2D eigenvalue weighted by atomic mass is 10.0. The molecule has 0 radical (unpaired) electrons. The molecular formula is C22H25Cl2N3. The van der Waals surface area contributed by atoms with Crippen LogP contribution in [0.15, 0.2) is 66.7 Å². The zero-order valence-corrected chi connectivity index (χ0v) is 16.9. The predicted molar refractivity (Wildman–Crippen MR) is 122 cm³/mol. The number of hydrogen-bond donors (Lipinski definition) is 2. The summed E-state index contributed by atoms with van der Waals surface area (Å²) in [5.41, 5.74) is 17.5. The largest absolute Gasteiger partial charge is 0.399 e. The third kappa shape index (κ3) is 3.71. The minimum atomic E-state index is 0. The van der Waals surface area contributed by atoms with Gasteiger partial charge in [-0.15, -0.1) is 24.8 Å². The summed E-state index contributed by atoms with van der Waals surface area (Å²) in [5.74, 6) is 0. The number of nitrogens with zero attached hydrogens (tertiary/aromatic N) is 1. The molecule has 0 spiro atoms. The Morgan fingerprint density at radius 1 is 0.778 bits per heavy atom. The van der Waals surface area contributed by atoms with Gasteiger partial charge in [0.05, 0.1) is 17.1 Å². The van der Waals surface area contributed by atoms with E-state index in [4.69, 9.17) is 11.5 Å². The van der Waals surface area contributed by atoms with Crippen LogP contribution >= 0.6 is 24.8 Å². The van der Waals surface area contributed by atoms with E-state index in [-0.39, 0.29) is 30.9 Å². The first kappa shape index (κ1) is 20.9. The van der Waals surface area contributed by atoms with Crippen molar-refractivity contribution in [3.05, 3.63) is 72.3 Å². The summed E-state index contributed by atoms with van der Waals surface area (Å²) in [6.45, 7) is 2.23. The lowest BCUT2D eigenvalue weighted by Crippen LogP contribution is -2.10. The Labute approximate surface area is 172 Å². The van der Waals surface area contributed by atoms with Gasteiger partial charge in [0.1, 0.15) is 0 Å². The highest BCUT2D eigenvalue weighted by atomic mass is 35.5. The van der Waals surface area contributed by atoms with Crippen molar-refractivity contribution in [3.8, 4) is 0 Å². The van der Waals surface area contributed by atoms with Crippen molar-refractivity contribution in [2.75, 3.05) is 11.5 Å². The van der Waals surface area contributed by atoms with E-state index in [2.05, 4.69) is 66.1 Å². The van der Waals surface area contributed by atoms with Crippen LogP contribution in [0, 0.1) is 0 Å². The van der Waals surface area contributed by atoms with Gasteiger partial charge in [0.25, 0.3) is 0 Å². The van der Waals surface area contributed by atoms with Gasteiger partial charge in [-0.3, -0.25) is 0 Å².